The zero-order chi connectivity index (χ0) is 19.5. The summed E-state index contributed by atoms with van der Waals surface area (Å²) < 4.78 is 0. The lowest BCUT2D eigenvalue weighted by atomic mass is 10.0. The van der Waals surface area contributed by atoms with Crippen LogP contribution in [0.15, 0.2) is 72.8 Å². The summed E-state index contributed by atoms with van der Waals surface area (Å²) in [5, 5.41) is 0. The molecule has 0 saturated carbocycles. The average molecular weight is 347 g/mol. The first-order valence-electron chi connectivity index (χ1n) is 9.41. The van der Waals surface area contributed by atoms with Crippen molar-refractivity contribution in [3.63, 3.8) is 0 Å². The molecule has 0 aliphatic carbocycles. The Kier molecular flexibility index (Phi) is 9.44. The minimum atomic E-state index is 0.653. The summed E-state index contributed by atoms with van der Waals surface area (Å²) in [5.74, 6) is 0.653. The molecule has 138 valence electrons. The molecule has 0 atom stereocenters. The summed E-state index contributed by atoms with van der Waals surface area (Å²) >= 11 is 0. The lowest BCUT2D eigenvalue weighted by Crippen LogP contribution is -1.85. The molecule has 0 aromatic heterocycles. The Bertz CT molecular complexity index is 686. The van der Waals surface area contributed by atoms with Crippen LogP contribution in [0.1, 0.15) is 53.1 Å². The Hall–Kier alpha value is -2.34. The van der Waals surface area contributed by atoms with Crippen molar-refractivity contribution in [2.24, 2.45) is 0 Å². The van der Waals surface area contributed by atoms with Crippen LogP contribution in [0.2, 0.25) is 0 Å². The van der Waals surface area contributed by atoms with Gasteiger partial charge in [0.15, 0.2) is 0 Å². The molecule has 0 amide bonds. The highest BCUT2D eigenvalue weighted by molar-refractivity contribution is 5.23. The van der Waals surface area contributed by atoms with Gasteiger partial charge >= 0.3 is 0 Å². The second-order valence-electron chi connectivity index (χ2n) is 7.38. The number of rotatable bonds is 1. The van der Waals surface area contributed by atoms with E-state index in [0.29, 0.717) is 5.92 Å². The molecule has 0 saturated heterocycles. The van der Waals surface area contributed by atoms with Gasteiger partial charge in [0, 0.05) is 0 Å². The molecule has 3 aromatic carbocycles. The Morgan fingerprint density at radius 3 is 1.04 bits per heavy atom. The molecule has 26 heavy (non-hydrogen) atoms. The number of hydrogen-bond acceptors (Lipinski definition) is 0. The van der Waals surface area contributed by atoms with E-state index in [2.05, 4.69) is 121 Å². The van der Waals surface area contributed by atoms with Crippen LogP contribution in [-0.4, -0.2) is 0 Å². The third-order valence-electron chi connectivity index (χ3n) is 4.09. The maximum Gasteiger partial charge on any atom is -0.0219 e. The third-order valence-corrected chi connectivity index (χ3v) is 4.09. The van der Waals surface area contributed by atoms with E-state index in [0.717, 1.165) is 0 Å². The van der Waals surface area contributed by atoms with Crippen LogP contribution >= 0.6 is 0 Å². The molecule has 0 fully saturated rings. The maximum atomic E-state index is 2.21. The third kappa shape index (κ3) is 9.22. The summed E-state index contributed by atoms with van der Waals surface area (Å²) in [6, 6.07) is 25.6. The van der Waals surface area contributed by atoms with E-state index in [4.69, 9.17) is 0 Å². The van der Waals surface area contributed by atoms with Gasteiger partial charge in [-0.25, -0.2) is 0 Å². The van der Waals surface area contributed by atoms with Crippen molar-refractivity contribution < 1.29 is 0 Å². The molecule has 0 aliphatic rings. The van der Waals surface area contributed by atoms with Gasteiger partial charge in [-0.2, -0.15) is 0 Å². The SMILES string of the molecule is Cc1ccc(C(C)C)cc1.Cc1cccc(C)c1.Cc1cccc(C)c1. The van der Waals surface area contributed by atoms with Crippen molar-refractivity contribution in [2.75, 3.05) is 0 Å². The van der Waals surface area contributed by atoms with Gasteiger partial charge in [0.05, 0.1) is 0 Å². The molecular formula is C26H34. The van der Waals surface area contributed by atoms with Crippen LogP contribution in [0, 0.1) is 34.6 Å². The topological polar surface area (TPSA) is 0 Å². The maximum absolute atomic E-state index is 2.21. The lowest BCUT2D eigenvalue weighted by molar-refractivity contribution is 0.866. The van der Waals surface area contributed by atoms with Gasteiger partial charge in [-0.15, -0.1) is 0 Å². The molecule has 0 radical (unpaired) electrons. The van der Waals surface area contributed by atoms with Crippen molar-refractivity contribution in [3.8, 4) is 0 Å². The predicted molar refractivity (Wildman–Crippen MR) is 117 cm³/mol. The first-order valence-corrected chi connectivity index (χ1v) is 9.41. The molecular weight excluding hydrogens is 312 g/mol. The molecule has 0 nitrogen and oxygen atoms in total. The molecule has 3 aromatic rings. The normalized spacial score (nSPS) is 9.69. The van der Waals surface area contributed by atoms with Gasteiger partial charge in [0.1, 0.15) is 0 Å². The van der Waals surface area contributed by atoms with Crippen molar-refractivity contribution in [2.45, 2.75) is 54.4 Å². The van der Waals surface area contributed by atoms with Crippen LogP contribution in [0.25, 0.3) is 0 Å². The summed E-state index contributed by atoms with van der Waals surface area (Å²) in [4.78, 5) is 0. The van der Waals surface area contributed by atoms with E-state index in [1.54, 1.807) is 0 Å². The minimum Gasteiger partial charge on any atom is -0.0617 e. The smallest absolute Gasteiger partial charge is 0.0219 e. The van der Waals surface area contributed by atoms with Gasteiger partial charge in [-0.05, 0) is 46.1 Å². The van der Waals surface area contributed by atoms with Gasteiger partial charge in [-0.1, -0.05) is 114 Å². The van der Waals surface area contributed by atoms with Crippen LogP contribution in [-0.2, 0) is 0 Å². The fourth-order valence-electron chi connectivity index (χ4n) is 2.57. The first kappa shape index (κ1) is 21.7. The van der Waals surface area contributed by atoms with E-state index in [9.17, 15) is 0 Å². The zero-order valence-electron chi connectivity index (χ0n) is 17.5. The Labute approximate surface area is 160 Å². The number of benzene rings is 3. The average Bonchev–Trinajstić information content (AvgIpc) is 2.56. The molecule has 0 heteroatoms. The fraction of sp³-hybridized carbons (Fsp3) is 0.308. The summed E-state index contributed by atoms with van der Waals surface area (Å²) in [7, 11) is 0. The van der Waals surface area contributed by atoms with E-state index < -0.39 is 0 Å². The fourth-order valence-corrected chi connectivity index (χ4v) is 2.57. The van der Waals surface area contributed by atoms with E-state index in [1.807, 2.05) is 0 Å². The monoisotopic (exact) mass is 346 g/mol. The van der Waals surface area contributed by atoms with E-state index in [1.165, 1.54) is 33.4 Å². The van der Waals surface area contributed by atoms with E-state index in [-0.39, 0.29) is 0 Å². The lowest BCUT2D eigenvalue weighted by Gasteiger charge is -2.03. The molecule has 0 bridgehead atoms. The van der Waals surface area contributed by atoms with Crippen molar-refractivity contribution >= 4 is 0 Å². The van der Waals surface area contributed by atoms with Crippen LogP contribution < -0.4 is 0 Å². The summed E-state index contributed by atoms with van der Waals surface area (Å²) in [6.45, 7) is 15.0. The molecule has 0 spiro atoms. The second kappa shape index (κ2) is 11.3. The highest BCUT2D eigenvalue weighted by Gasteiger charge is 1.95. The minimum absolute atomic E-state index is 0.653. The quantitative estimate of drug-likeness (QED) is 0.423. The highest BCUT2D eigenvalue weighted by Crippen LogP contribution is 2.13. The predicted octanol–water partition coefficient (Wildman–Crippen LogP) is 7.73. The summed E-state index contributed by atoms with van der Waals surface area (Å²) in [6.07, 6.45) is 0. The Morgan fingerprint density at radius 2 is 0.808 bits per heavy atom. The van der Waals surface area contributed by atoms with Crippen molar-refractivity contribution in [1.29, 1.82) is 0 Å². The van der Waals surface area contributed by atoms with Gasteiger partial charge in [-0.3, -0.25) is 0 Å². The largest absolute Gasteiger partial charge is 0.0617 e. The van der Waals surface area contributed by atoms with Gasteiger partial charge < -0.3 is 0 Å². The van der Waals surface area contributed by atoms with Gasteiger partial charge in [0.25, 0.3) is 0 Å². The second-order valence-corrected chi connectivity index (χ2v) is 7.38. The zero-order valence-corrected chi connectivity index (χ0v) is 17.5. The van der Waals surface area contributed by atoms with Crippen LogP contribution in [0.5, 0.6) is 0 Å². The molecule has 3 rings (SSSR count). The van der Waals surface area contributed by atoms with E-state index >= 15 is 0 Å². The molecule has 0 heterocycles. The summed E-state index contributed by atoms with van der Waals surface area (Å²) in [5.41, 5.74) is 8.11. The van der Waals surface area contributed by atoms with Crippen molar-refractivity contribution in [3.05, 3.63) is 106 Å². The Morgan fingerprint density at radius 1 is 0.462 bits per heavy atom. The van der Waals surface area contributed by atoms with Crippen molar-refractivity contribution in [1.82, 2.24) is 0 Å². The first-order chi connectivity index (χ1) is 12.3. The highest BCUT2D eigenvalue weighted by atomic mass is 14.0. The molecule has 0 unspecified atom stereocenters. The number of aryl methyl sites for hydroxylation is 5. The van der Waals surface area contributed by atoms with Gasteiger partial charge in [0.2, 0.25) is 0 Å². The standard InChI is InChI=1S/C10H14.2C8H10/c1-8(2)10-6-4-9(3)5-7-10;2*1-7-4-3-5-8(2)6-7/h4-8H,1-3H3;2*3-6H,1-2H3. The number of hydrogen-bond donors (Lipinski definition) is 0. The Balaban J connectivity index is 0.000000197. The van der Waals surface area contributed by atoms with Crippen LogP contribution in [0.3, 0.4) is 0 Å². The molecule has 0 aliphatic heterocycles. The van der Waals surface area contributed by atoms with Crippen LogP contribution in [0.4, 0.5) is 0 Å². The molecule has 0 N–H and O–H groups in total.